The number of fused-ring (bicyclic) bond motifs is 1. The van der Waals surface area contributed by atoms with E-state index in [0.717, 1.165) is 35.3 Å². The molecule has 0 spiro atoms. The lowest BCUT2D eigenvalue weighted by atomic mass is 10.1. The fourth-order valence-corrected chi connectivity index (χ4v) is 4.08. The number of aromatic amines is 1. The zero-order valence-corrected chi connectivity index (χ0v) is 20.7. The van der Waals surface area contributed by atoms with Gasteiger partial charge in [-0.05, 0) is 62.2 Å². The van der Waals surface area contributed by atoms with Crippen LogP contribution < -0.4 is 20.1 Å². The van der Waals surface area contributed by atoms with Gasteiger partial charge in [-0.1, -0.05) is 47.5 Å². The Morgan fingerprint density at radius 3 is 2.57 bits per heavy atom. The quantitative estimate of drug-likeness (QED) is 0.229. The standard InChI is InChI=1S/C28H30ClN3O3/c1-3-34-26-14-21(16-30-13-12-20-17-31-25-7-5-4-6-23(20)25)24(29)15-27(26)35-18-28(33)32-22-10-8-19(2)9-11-22/h4-11,14-15,17,30-31H,3,12-13,16,18H2,1-2H3,(H,32,33). The highest BCUT2D eigenvalue weighted by Crippen LogP contribution is 2.34. The van der Waals surface area contributed by atoms with Gasteiger partial charge in [0.1, 0.15) is 0 Å². The predicted molar refractivity (Wildman–Crippen MR) is 142 cm³/mol. The maximum Gasteiger partial charge on any atom is 0.262 e. The third-order valence-corrected chi connectivity index (χ3v) is 6.02. The molecule has 0 radical (unpaired) electrons. The molecule has 0 fully saturated rings. The number of aromatic nitrogens is 1. The van der Waals surface area contributed by atoms with Gasteiger partial charge in [-0.15, -0.1) is 0 Å². The molecule has 6 nitrogen and oxygen atoms in total. The van der Waals surface area contributed by atoms with Crippen LogP contribution in [0.15, 0.2) is 66.9 Å². The molecule has 3 N–H and O–H groups in total. The number of halogens is 1. The fraction of sp³-hybridized carbons (Fsp3) is 0.250. The molecule has 4 aromatic rings. The molecule has 35 heavy (non-hydrogen) atoms. The van der Waals surface area contributed by atoms with E-state index in [2.05, 4.69) is 40.0 Å². The second-order valence-corrected chi connectivity index (χ2v) is 8.72. The summed E-state index contributed by atoms with van der Waals surface area (Å²) < 4.78 is 11.5. The molecule has 0 aliphatic heterocycles. The Bertz CT molecular complexity index is 1280. The van der Waals surface area contributed by atoms with Gasteiger partial charge in [-0.3, -0.25) is 4.79 Å². The first-order valence-electron chi connectivity index (χ1n) is 11.7. The van der Waals surface area contributed by atoms with E-state index in [1.165, 1.54) is 10.9 Å². The molecule has 1 aromatic heterocycles. The van der Waals surface area contributed by atoms with Crippen molar-refractivity contribution in [3.8, 4) is 11.5 Å². The number of para-hydroxylation sites is 1. The number of aryl methyl sites for hydroxylation is 1. The highest BCUT2D eigenvalue weighted by molar-refractivity contribution is 6.31. The van der Waals surface area contributed by atoms with E-state index in [4.69, 9.17) is 21.1 Å². The van der Waals surface area contributed by atoms with Crippen LogP contribution in [-0.4, -0.2) is 30.6 Å². The van der Waals surface area contributed by atoms with Gasteiger partial charge in [0.05, 0.1) is 6.61 Å². The zero-order chi connectivity index (χ0) is 24.6. The van der Waals surface area contributed by atoms with Crippen molar-refractivity contribution < 1.29 is 14.3 Å². The van der Waals surface area contributed by atoms with E-state index in [9.17, 15) is 4.79 Å². The molecule has 182 valence electrons. The van der Waals surface area contributed by atoms with Gasteiger partial charge in [0.2, 0.25) is 0 Å². The van der Waals surface area contributed by atoms with Crippen LogP contribution in [0.2, 0.25) is 5.02 Å². The molecule has 1 amide bonds. The number of hydrogen-bond donors (Lipinski definition) is 3. The Hall–Kier alpha value is -3.48. The molecular formula is C28H30ClN3O3. The molecule has 0 unspecified atom stereocenters. The molecule has 0 aliphatic rings. The monoisotopic (exact) mass is 491 g/mol. The third-order valence-electron chi connectivity index (χ3n) is 5.67. The Morgan fingerprint density at radius 2 is 1.77 bits per heavy atom. The predicted octanol–water partition coefficient (Wildman–Crippen LogP) is 5.88. The average Bonchev–Trinajstić information content (AvgIpc) is 3.27. The maximum absolute atomic E-state index is 12.3. The summed E-state index contributed by atoms with van der Waals surface area (Å²) >= 11 is 6.54. The second kappa shape index (κ2) is 11.8. The van der Waals surface area contributed by atoms with Crippen molar-refractivity contribution in [3.05, 3.63) is 88.6 Å². The third kappa shape index (κ3) is 6.56. The zero-order valence-electron chi connectivity index (χ0n) is 20.0. The summed E-state index contributed by atoms with van der Waals surface area (Å²) in [7, 11) is 0. The van der Waals surface area contributed by atoms with E-state index in [1.807, 2.05) is 50.2 Å². The summed E-state index contributed by atoms with van der Waals surface area (Å²) in [6, 6.07) is 19.5. The maximum atomic E-state index is 12.3. The Morgan fingerprint density at radius 1 is 1.00 bits per heavy atom. The number of rotatable bonds is 11. The van der Waals surface area contributed by atoms with Gasteiger partial charge in [0.15, 0.2) is 18.1 Å². The number of carbonyl (C=O) groups excluding carboxylic acids is 1. The van der Waals surface area contributed by atoms with Crippen molar-refractivity contribution in [2.24, 2.45) is 0 Å². The van der Waals surface area contributed by atoms with Crippen molar-refractivity contribution in [1.29, 1.82) is 0 Å². The first kappa shape index (κ1) is 24.6. The lowest BCUT2D eigenvalue weighted by molar-refractivity contribution is -0.118. The van der Waals surface area contributed by atoms with E-state index >= 15 is 0 Å². The van der Waals surface area contributed by atoms with Gasteiger partial charge in [-0.25, -0.2) is 0 Å². The van der Waals surface area contributed by atoms with E-state index < -0.39 is 0 Å². The lowest BCUT2D eigenvalue weighted by Gasteiger charge is -2.15. The molecule has 0 saturated carbocycles. The Balaban J connectivity index is 1.33. The van der Waals surface area contributed by atoms with Gasteiger partial charge in [-0.2, -0.15) is 0 Å². The van der Waals surface area contributed by atoms with Crippen LogP contribution in [0.5, 0.6) is 11.5 Å². The van der Waals surface area contributed by atoms with Crippen molar-refractivity contribution in [2.45, 2.75) is 26.8 Å². The van der Waals surface area contributed by atoms with Crippen molar-refractivity contribution in [2.75, 3.05) is 25.1 Å². The van der Waals surface area contributed by atoms with E-state index in [-0.39, 0.29) is 12.5 Å². The summed E-state index contributed by atoms with van der Waals surface area (Å²) in [5, 5.41) is 8.09. The number of H-pyrrole nitrogens is 1. The largest absolute Gasteiger partial charge is 0.490 e. The topological polar surface area (TPSA) is 75.4 Å². The van der Waals surface area contributed by atoms with Crippen molar-refractivity contribution in [3.63, 3.8) is 0 Å². The van der Waals surface area contributed by atoms with E-state index in [1.54, 1.807) is 6.07 Å². The number of hydrogen-bond acceptors (Lipinski definition) is 4. The highest BCUT2D eigenvalue weighted by Gasteiger charge is 2.13. The first-order chi connectivity index (χ1) is 17.0. The normalized spacial score (nSPS) is 10.9. The SMILES string of the molecule is CCOc1cc(CNCCc2c[nH]c3ccccc23)c(Cl)cc1OCC(=O)Nc1ccc(C)cc1. The molecule has 7 heteroatoms. The minimum atomic E-state index is -0.254. The number of anilines is 1. The number of benzene rings is 3. The summed E-state index contributed by atoms with van der Waals surface area (Å²) in [5.74, 6) is 0.752. The fourth-order valence-electron chi connectivity index (χ4n) is 3.86. The van der Waals surface area contributed by atoms with Gasteiger partial charge in [0.25, 0.3) is 5.91 Å². The molecule has 0 aliphatic carbocycles. The first-order valence-corrected chi connectivity index (χ1v) is 12.1. The van der Waals surface area contributed by atoms with Crippen molar-refractivity contribution in [1.82, 2.24) is 10.3 Å². The van der Waals surface area contributed by atoms with Gasteiger partial charge in [0, 0.05) is 40.4 Å². The minimum absolute atomic E-state index is 0.146. The number of nitrogens with one attached hydrogen (secondary N) is 3. The summed E-state index contributed by atoms with van der Waals surface area (Å²) in [5.41, 5.74) is 5.19. The number of carbonyl (C=O) groups is 1. The smallest absolute Gasteiger partial charge is 0.262 e. The van der Waals surface area contributed by atoms with Gasteiger partial charge < -0.3 is 25.1 Å². The van der Waals surface area contributed by atoms with Crippen LogP contribution in [0.1, 0.15) is 23.6 Å². The average molecular weight is 492 g/mol. The molecule has 0 atom stereocenters. The van der Waals surface area contributed by atoms with Crippen LogP contribution in [0.4, 0.5) is 5.69 Å². The summed E-state index contributed by atoms with van der Waals surface area (Å²) in [4.78, 5) is 15.6. The van der Waals surface area contributed by atoms with Crippen molar-refractivity contribution >= 4 is 34.1 Å². The molecule has 4 rings (SSSR count). The van der Waals surface area contributed by atoms with Crippen LogP contribution in [0.25, 0.3) is 10.9 Å². The molecule has 1 heterocycles. The Kier molecular flexibility index (Phi) is 8.29. The number of ether oxygens (including phenoxy) is 2. The van der Waals surface area contributed by atoms with Crippen LogP contribution >= 0.6 is 11.6 Å². The highest BCUT2D eigenvalue weighted by atomic mass is 35.5. The summed E-state index contributed by atoms with van der Waals surface area (Å²) in [6.45, 7) is 5.63. The minimum Gasteiger partial charge on any atom is -0.490 e. The van der Waals surface area contributed by atoms with E-state index in [0.29, 0.717) is 29.7 Å². The lowest BCUT2D eigenvalue weighted by Crippen LogP contribution is -2.20. The summed E-state index contributed by atoms with van der Waals surface area (Å²) in [6.07, 6.45) is 2.96. The van der Waals surface area contributed by atoms with Crippen LogP contribution in [0.3, 0.4) is 0 Å². The van der Waals surface area contributed by atoms with Crippen LogP contribution in [0, 0.1) is 6.92 Å². The Labute approximate surface area is 210 Å². The molecule has 0 saturated heterocycles. The molecule has 0 bridgehead atoms. The van der Waals surface area contributed by atoms with Crippen LogP contribution in [-0.2, 0) is 17.8 Å². The molecule has 3 aromatic carbocycles. The second-order valence-electron chi connectivity index (χ2n) is 8.31. The number of amides is 1. The van der Waals surface area contributed by atoms with Gasteiger partial charge >= 0.3 is 0 Å². The molecular weight excluding hydrogens is 462 g/mol.